The Morgan fingerprint density at radius 1 is 1.03 bits per heavy atom. The van der Waals surface area contributed by atoms with Crippen molar-refractivity contribution in [2.24, 2.45) is 0 Å². The molecule has 0 aliphatic carbocycles. The molecule has 1 amide bonds. The molecule has 7 nitrogen and oxygen atoms in total. The molecule has 1 atom stereocenters. The number of aromatic nitrogens is 2. The molecule has 4 aromatic rings. The van der Waals surface area contributed by atoms with Gasteiger partial charge in [0.05, 0.1) is 23.6 Å². The third-order valence-corrected chi connectivity index (χ3v) is 7.73. The van der Waals surface area contributed by atoms with Gasteiger partial charge in [0.15, 0.2) is 5.43 Å². The topological polar surface area (TPSA) is 85.5 Å². The monoisotopic (exact) mass is 503 g/mol. The van der Waals surface area contributed by atoms with Gasteiger partial charge in [0, 0.05) is 0 Å². The summed E-state index contributed by atoms with van der Waals surface area (Å²) in [4.78, 5) is 29.1. The van der Waals surface area contributed by atoms with Crippen molar-refractivity contribution in [2.75, 3.05) is 11.5 Å². The smallest absolute Gasteiger partial charge is 0.297 e. The number of carbonyl (C=O) groups excluding carboxylic acids is 1. The van der Waals surface area contributed by atoms with Gasteiger partial charge >= 0.3 is 0 Å². The number of nitrogens with zero attached hydrogens (tertiary/aromatic N) is 3. The molecule has 0 spiro atoms. The zero-order valence-corrected chi connectivity index (χ0v) is 21.8. The number of hydrogen-bond donors (Lipinski definition) is 0. The minimum Gasteiger partial charge on any atom is -0.494 e. The molecule has 0 N–H and O–H groups in total. The van der Waals surface area contributed by atoms with Gasteiger partial charge in [-0.25, -0.2) is 0 Å². The quantitative estimate of drug-likeness (QED) is 0.268. The zero-order valence-electron chi connectivity index (χ0n) is 21.0. The Balaban J connectivity index is 1.63. The minimum atomic E-state index is -0.665. The van der Waals surface area contributed by atoms with E-state index in [4.69, 9.17) is 9.15 Å². The second-order valence-corrected chi connectivity index (χ2v) is 10.2. The van der Waals surface area contributed by atoms with E-state index >= 15 is 0 Å². The third-order valence-electron chi connectivity index (χ3n) is 6.66. The highest BCUT2D eigenvalue weighted by Gasteiger charge is 2.45. The molecule has 1 aliphatic rings. The molecule has 0 saturated heterocycles. The first kappa shape index (κ1) is 24.2. The average Bonchev–Trinajstić information content (AvgIpc) is 3.46. The van der Waals surface area contributed by atoms with Gasteiger partial charge < -0.3 is 9.15 Å². The van der Waals surface area contributed by atoms with Crippen LogP contribution in [0.5, 0.6) is 5.75 Å². The summed E-state index contributed by atoms with van der Waals surface area (Å²) in [6, 6.07) is 10.6. The number of hydrogen-bond acceptors (Lipinski definition) is 7. The van der Waals surface area contributed by atoms with Gasteiger partial charge in [0.2, 0.25) is 10.9 Å². The normalized spacial score (nSPS) is 15.1. The largest absolute Gasteiger partial charge is 0.494 e. The van der Waals surface area contributed by atoms with Gasteiger partial charge in [-0.05, 0) is 67.6 Å². The first-order valence-electron chi connectivity index (χ1n) is 12.4. The Hall–Kier alpha value is -3.52. The van der Waals surface area contributed by atoms with Crippen LogP contribution in [0, 0.1) is 13.8 Å². The fourth-order valence-electron chi connectivity index (χ4n) is 4.51. The fourth-order valence-corrected chi connectivity index (χ4v) is 5.32. The lowest BCUT2D eigenvalue weighted by Gasteiger charge is -2.22. The van der Waals surface area contributed by atoms with Crippen LogP contribution in [0.1, 0.15) is 77.0 Å². The van der Waals surface area contributed by atoms with Crippen molar-refractivity contribution in [1.29, 1.82) is 0 Å². The highest BCUT2D eigenvalue weighted by Crippen LogP contribution is 2.42. The number of unbranched alkanes of at least 4 members (excludes halogenated alkanes) is 2. The lowest BCUT2D eigenvalue weighted by atomic mass is 9.97. The summed E-state index contributed by atoms with van der Waals surface area (Å²) in [5.74, 6) is 0.437. The molecule has 0 fully saturated rings. The van der Waals surface area contributed by atoms with Gasteiger partial charge in [-0.1, -0.05) is 50.2 Å². The van der Waals surface area contributed by atoms with Gasteiger partial charge in [0.1, 0.15) is 16.3 Å². The number of anilines is 1. The van der Waals surface area contributed by atoms with Crippen LogP contribution >= 0.6 is 11.3 Å². The van der Waals surface area contributed by atoms with Crippen LogP contribution in [0.25, 0.3) is 11.0 Å². The van der Waals surface area contributed by atoms with Gasteiger partial charge in [-0.2, -0.15) is 0 Å². The van der Waals surface area contributed by atoms with Crippen molar-refractivity contribution in [3.63, 3.8) is 0 Å². The molecule has 2 aromatic carbocycles. The number of amides is 1. The third kappa shape index (κ3) is 4.19. The van der Waals surface area contributed by atoms with E-state index in [0.717, 1.165) is 46.7 Å². The standard InChI is InChI=1S/C28H29N3O4S/c1-5-7-8-13-34-19-11-9-18(10-12-19)24-23-25(32)20-14-16(3)17(4)15-21(20)35-26(23)27(33)31(24)28-30-29-22(6-2)36-28/h9-12,14-15,24H,5-8,13H2,1-4H3. The van der Waals surface area contributed by atoms with E-state index in [2.05, 4.69) is 17.1 Å². The number of rotatable bonds is 8. The van der Waals surface area contributed by atoms with Gasteiger partial charge in [0.25, 0.3) is 5.91 Å². The summed E-state index contributed by atoms with van der Waals surface area (Å²) in [6.07, 6.45) is 3.97. The first-order valence-corrected chi connectivity index (χ1v) is 13.2. The van der Waals surface area contributed by atoms with Crippen LogP contribution in [0.2, 0.25) is 0 Å². The van der Waals surface area contributed by atoms with Crippen LogP contribution < -0.4 is 15.1 Å². The highest BCUT2D eigenvalue weighted by molar-refractivity contribution is 7.15. The van der Waals surface area contributed by atoms with Crippen molar-refractivity contribution >= 4 is 33.3 Å². The van der Waals surface area contributed by atoms with Crippen LogP contribution in [-0.2, 0) is 6.42 Å². The molecule has 8 heteroatoms. The van der Waals surface area contributed by atoms with Crippen LogP contribution in [0.4, 0.5) is 5.13 Å². The predicted molar refractivity (Wildman–Crippen MR) is 141 cm³/mol. The number of benzene rings is 2. The SMILES string of the molecule is CCCCCOc1ccc(C2c3c(oc4cc(C)c(C)cc4c3=O)C(=O)N2c2nnc(CC)s2)cc1. The Labute approximate surface area is 213 Å². The Bertz CT molecular complexity index is 1490. The summed E-state index contributed by atoms with van der Waals surface area (Å²) in [5.41, 5.74) is 3.32. The number of fused-ring (bicyclic) bond motifs is 2. The molecule has 3 heterocycles. The lowest BCUT2D eigenvalue weighted by Crippen LogP contribution is -2.29. The van der Waals surface area contributed by atoms with E-state index < -0.39 is 6.04 Å². The Morgan fingerprint density at radius 2 is 1.78 bits per heavy atom. The van der Waals surface area contributed by atoms with E-state index in [9.17, 15) is 9.59 Å². The molecule has 0 saturated carbocycles. The highest BCUT2D eigenvalue weighted by atomic mass is 32.1. The molecule has 0 bridgehead atoms. The van der Waals surface area contributed by atoms with Crippen molar-refractivity contribution in [1.82, 2.24) is 10.2 Å². The van der Waals surface area contributed by atoms with Gasteiger partial charge in [-0.15, -0.1) is 10.2 Å². The van der Waals surface area contributed by atoms with Crippen LogP contribution in [-0.4, -0.2) is 22.7 Å². The molecule has 1 aliphatic heterocycles. The molecule has 5 rings (SSSR count). The maximum Gasteiger partial charge on any atom is 0.297 e. The number of ether oxygens (including phenoxy) is 1. The molecule has 0 radical (unpaired) electrons. The molecular formula is C28H29N3O4S. The van der Waals surface area contributed by atoms with Crippen LogP contribution in [0.3, 0.4) is 0 Å². The van der Waals surface area contributed by atoms with Crippen molar-refractivity contribution < 1.29 is 13.9 Å². The maximum atomic E-state index is 13.8. The van der Waals surface area contributed by atoms with E-state index in [1.807, 2.05) is 57.2 Å². The van der Waals surface area contributed by atoms with Gasteiger partial charge in [-0.3, -0.25) is 14.5 Å². The summed E-state index contributed by atoms with van der Waals surface area (Å²) < 4.78 is 12.0. The molecule has 1 unspecified atom stereocenters. The second kappa shape index (κ2) is 9.85. The first-order chi connectivity index (χ1) is 17.4. The van der Waals surface area contributed by atoms with Crippen molar-refractivity contribution in [3.05, 3.63) is 79.6 Å². The van der Waals surface area contributed by atoms with E-state index in [0.29, 0.717) is 34.7 Å². The van der Waals surface area contributed by atoms with E-state index in [1.165, 1.54) is 11.3 Å². The lowest BCUT2D eigenvalue weighted by molar-refractivity contribution is 0.0970. The van der Waals surface area contributed by atoms with Crippen LogP contribution in [0.15, 0.2) is 45.6 Å². The van der Waals surface area contributed by atoms with Crippen molar-refractivity contribution in [2.45, 2.75) is 59.4 Å². The average molecular weight is 504 g/mol. The molecule has 186 valence electrons. The summed E-state index contributed by atoms with van der Waals surface area (Å²) >= 11 is 1.35. The second-order valence-electron chi connectivity index (χ2n) is 9.14. The number of aryl methyl sites for hydroxylation is 3. The van der Waals surface area contributed by atoms with E-state index in [-0.39, 0.29) is 17.1 Å². The molecular weight excluding hydrogens is 474 g/mol. The molecule has 36 heavy (non-hydrogen) atoms. The molecule has 2 aromatic heterocycles. The Morgan fingerprint density at radius 3 is 2.47 bits per heavy atom. The minimum absolute atomic E-state index is 0.0638. The Kier molecular flexibility index (Phi) is 6.62. The summed E-state index contributed by atoms with van der Waals surface area (Å²) in [6.45, 7) is 8.72. The van der Waals surface area contributed by atoms with Crippen molar-refractivity contribution in [3.8, 4) is 5.75 Å². The van der Waals surface area contributed by atoms with E-state index in [1.54, 1.807) is 4.90 Å². The maximum absolute atomic E-state index is 13.8. The number of carbonyl (C=O) groups is 1. The summed E-state index contributed by atoms with van der Waals surface area (Å²) in [5, 5.41) is 10.2. The predicted octanol–water partition coefficient (Wildman–Crippen LogP) is 6.14. The fraction of sp³-hybridized carbons (Fsp3) is 0.357. The zero-order chi connectivity index (χ0) is 25.4. The summed E-state index contributed by atoms with van der Waals surface area (Å²) in [7, 11) is 0.